The predicted octanol–water partition coefficient (Wildman–Crippen LogP) is 2.21. The summed E-state index contributed by atoms with van der Waals surface area (Å²) in [4.78, 5) is 6.52. The van der Waals surface area contributed by atoms with Crippen LogP contribution in [0.5, 0.6) is 0 Å². The van der Waals surface area contributed by atoms with E-state index in [0.29, 0.717) is 11.5 Å². The van der Waals surface area contributed by atoms with Crippen LogP contribution in [0.3, 0.4) is 0 Å². The molecular weight excluding hydrogens is 226 g/mol. The number of nitrogens with zero attached hydrogens (tertiary/aromatic N) is 3. The molecule has 1 fully saturated rings. The molecule has 1 atom stereocenters. The van der Waals surface area contributed by atoms with Gasteiger partial charge in [0.1, 0.15) is 11.9 Å². The molecule has 18 heavy (non-hydrogen) atoms. The second-order valence-corrected chi connectivity index (χ2v) is 4.66. The molecule has 0 N–H and O–H groups in total. The second-order valence-electron chi connectivity index (χ2n) is 4.66. The second kappa shape index (κ2) is 6.36. The van der Waals surface area contributed by atoms with Crippen molar-refractivity contribution in [2.45, 2.75) is 19.8 Å². The third kappa shape index (κ3) is 2.99. The lowest BCUT2D eigenvalue weighted by Gasteiger charge is -2.18. The van der Waals surface area contributed by atoms with Crippen molar-refractivity contribution in [1.82, 2.24) is 4.98 Å². The predicted molar refractivity (Wildman–Crippen MR) is 70.4 cm³/mol. The summed E-state index contributed by atoms with van der Waals surface area (Å²) >= 11 is 0. The first-order valence-electron chi connectivity index (χ1n) is 6.53. The molecule has 4 nitrogen and oxygen atoms in total. The molecule has 0 amide bonds. The first-order chi connectivity index (χ1) is 8.85. The largest absolute Gasteiger partial charge is 0.381 e. The Kier molecular flexibility index (Phi) is 4.54. The Hall–Kier alpha value is -1.60. The van der Waals surface area contributed by atoms with Crippen LogP contribution in [-0.2, 0) is 4.74 Å². The Morgan fingerprint density at radius 3 is 3.28 bits per heavy atom. The zero-order valence-corrected chi connectivity index (χ0v) is 10.8. The number of rotatable bonds is 5. The van der Waals surface area contributed by atoms with Gasteiger partial charge < -0.3 is 9.64 Å². The van der Waals surface area contributed by atoms with Gasteiger partial charge in [0, 0.05) is 31.8 Å². The number of hydrogen-bond donors (Lipinski definition) is 0. The molecule has 0 spiro atoms. The Balaban J connectivity index is 1.94. The van der Waals surface area contributed by atoms with Crippen molar-refractivity contribution in [3.05, 3.63) is 23.9 Å². The maximum atomic E-state index is 9.08. The van der Waals surface area contributed by atoms with Crippen LogP contribution in [0.25, 0.3) is 0 Å². The van der Waals surface area contributed by atoms with Crippen LogP contribution in [0.4, 0.5) is 5.82 Å². The van der Waals surface area contributed by atoms with Crippen molar-refractivity contribution in [2.24, 2.45) is 5.92 Å². The fourth-order valence-electron chi connectivity index (χ4n) is 2.29. The Bertz CT molecular complexity index is 427. The van der Waals surface area contributed by atoms with E-state index in [1.165, 1.54) is 0 Å². The zero-order chi connectivity index (χ0) is 12.8. The molecule has 0 radical (unpaired) electrons. The van der Waals surface area contributed by atoms with Crippen molar-refractivity contribution < 1.29 is 4.74 Å². The summed E-state index contributed by atoms with van der Waals surface area (Å²) < 4.78 is 5.60. The molecule has 0 bridgehead atoms. The lowest BCUT2D eigenvalue weighted by atomic mass is 10.1. The monoisotopic (exact) mass is 245 g/mol. The van der Waals surface area contributed by atoms with Crippen LogP contribution in [0.1, 0.15) is 25.3 Å². The van der Waals surface area contributed by atoms with Crippen molar-refractivity contribution in [2.75, 3.05) is 31.2 Å². The first kappa shape index (κ1) is 12.8. The molecule has 1 aromatic heterocycles. The van der Waals surface area contributed by atoms with Crippen LogP contribution >= 0.6 is 0 Å². The Morgan fingerprint density at radius 2 is 2.50 bits per heavy atom. The van der Waals surface area contributed by atoms with Crippen LogP contribution in [0.2, 0.25) is 0 Å². The van der Waals surface area contributed by atoms with Gasteiger partial charge in [-0.1, -0.05) is 6.92 Å². The summed E-state index contributed by atoms with van der Waals surface area (Å²) in [6, 6.07) is 5.83. The highest BCUT2D eigenvalue weighted by Crippen LogP contribution is 2.24. The number of ether oxygens (including phenoxy) is 1. The molecule has 0 unspecified atom stereocenters. The van der Waals surface area contributed by atoms with Crippen LogP contribution in [0, 0.1) is 17.2 Å². The summed E-state index contributed by atoms with van der Waals surface area (Å²) in [5.41, 5.74) is 0.660. The molecule has 0 aromatic carbocycles. The van der Waals surface area contributed by atoms with Gasteiger partial charge in [-0.05, 0) is 25.0 Å². The molecule has 2 rings (SSSR count). The van der Waals surface area contributed by atoms with Crippen LogP contribution < -0.4 is 4.90 Å². The van der Waals surface area contributed by atoms with Gasteiger partial charge in [-0.15, -0.1) is 0 Å². The highest BCUT2D eigenvalue weighted by Gasteiger charge is 2.25. The average Bonchev–Trinajstić information content (AvgIpc) is 2.88. The van der Waals surface area contributed by atoms with E-state index >= 15 is 0 Å². The van der Waals surface area contributed by atoms with E-state index in [-0.39, 0.29) is 0 Å². The maximum Gasteiger partial charge on any atom is 0.146 e. The molecule has 1 aliphatic heterocycles. The molecule has 0 saturated carbocycles. The van der Waals surface area contributed by atoms with E-state index in [4.69, 9.17) is 10.00 Å². The summed E-state index contributed by atoms with van der Waals surface area (Å²) in [6.07, 6.45) is 3.93. The topological polar surface area (TPSA) is 49.1 Å². The standard InChI is InChI=1S/C14H19N3O/c1-2-8-18-11-12-5-7-17(10-12)14-13(9-15)4-3-6-16-14/h3-4,6,12H,2,5,7-8,10-11H2,1H3/t12-/m0/s1. The summed E-state index contributed by atoms with van der Waals surface area (Å²) in [5.74, 6) is 1.38. The zero-order valence-electron chi connectivity index (χ0n) is 10.8. The Labute approximate surface area is 108 Å². The smallest absolute Gasteiger partial charge is 0.146 e. The number of nitriles is 1. The van der Waals surface area contributed by atoms with Crippen molar-refractivity contribution >= 4 is 5.82 Å². The molecule has 0 aliphatic carbocycles. The number of aromatic nitrogens is 1. The molecular formula is C14H19N3O. The molecule has 96 valence electrons. The Morgan fingerprint density at radius 1 is 1.61 bits per heavy atom. The average molecular weight is 245 g/mol. The summed E-state index contributed by atoms with van der Waals surface area (Å²) in [7, 11) is 0. The van der Waals surface area contributed by atoms with Crippen LogP contribution in [-0.4, -0.2) is 31.3 Å². The van der Waals surface area contributed by atoms with E-state index in [0.717, 1.165) is 45.0 Å². The van der Waals surface area contributed by atoms with Gasteiger partial charge in [-0.3, -0.25) is 0 Å². The fourth-order valence-corrected chi connectivity index (χ4v) is 2.29. The van der Waals surface area contributed by atoms with Gasteiger partial charge in [-0.25, -0.2) is 4.98 Å². The summed E-state index contributed by atoms with van der Waals surface area (Å²) in [6.45, 7) is 5.68. The molecule has 1 aliphatic rings. The fraction of sp³-hybridized carbons (Fsp3) is 0.571. The summed E-state index contributed by atoms with van der Waals surface area (Å²) in [5, 5.41) is 9.08. The minimum Gasteiger partial charge on any atom is -0.381 e. The van der Waals surface area contributed by atoms with Gasteiger partial charge in [0.25, 0.3) is 0 Å². The van der Waals surface area contributed by atoms with Gasteiger partial charge in [0.05, 0.1) is 12.2 Å². The number of pyridine rings is 1. The lowest BCUT2D eigenvalue weighted by molar-refractivity contribution is 0.106. The van der Waals surface area contributed by atoms with E-state index in [2.05, 4.69) is 22.9 Å². The number of anilines is 1. The van der Waals surface area contributed by atoms with E-state index in [1.54, 1.807) is 12.3 Å². The third-order valence-electron chi connectivity index (χ3n) is 3.19. The van der Waals surface area contributed by atoms with Gasteiger partial charge in [-0.2, -0.15) is 5.26 Å². The van der Waals surface area contributed by atoms with E-state index in [1.807, 2.05) is 6.07 Å². The maximum absolute atomic E-state index is 9.08. The van der Waals surface area contributed by atoms with E-state index < -0.39 is 0 Å². The highest BCUT2D eigenvalue weighted by atomic mass is 16.5. The quantitative estimate of drug-likeness (QED) is 0.746. The van der Waals surface area contributed by atoms with Crippen LogP contribution in [0.15, 0.2) is 18.3 Å². The molecule has 1 saturated heterocycles. The minimum absolute atomic E-state index is 0.560. The molecule has 2 heterocycles. The third-order valence-corrected chi connectivity index (χ3v) is 3.19. The number of hydrogen-bond acceptors (Lipinski definition) is 4. The van der Waals surface area contributed by atoms with Crippen molar-refractivity contribution in [1.29, 1.82) is 5.26 Å². The first-order valence-corrected chi connectivity index (χ1v) is 6.53. The normalized spacial score (nSPS) is 18.9. The molecule has 4 heteroatoms. The highest BCUT2D eigenvalue weighted by molar-refractivity contribution is 5.54. The SMILES string of the molecule is CCCOC[C@H]1CCN(c2ncccc2C#N)C1. The minimum atomic E-state index is 0.560. The van der Waals surface area contributed by atoms with Crippen molar-refractivity contribution in [3.63, 3.8) is 0 Å². The lowest BCUT2D eigenvalue weighted by Crippen LogP contribution is -2.23. The van der Waals surface area contributed by atoms with Crippen molar-refractivity contribution in [3.8, 4) is 6.07 Å². The van der Waals surface area contributed by atoms with Gasteiger partial charge >= 0.3 is 0 Å². The van der Waals surface area contributed by atoms with Gasteiger partial charge in [0.15, 0.2) is 0 Å². The van der Waals surface area contributed by atoms with E-state index in [9.17, 15) is 0 Å². The van der Waals surface area contributed by atoms with Gasteiger partial charge in [0.2, 0.25) is 0 Å². The molecule has 1 aromatic rings.